The number of nitrogens with one attached hydrogen (secondary N) is 1. The van der Waals surface area contributed by atoms with Crippen molar-refractivity contribution in [3.8, 4) is 11.5 Å². The number of nitrogens with zero attached hydrogens (tertiary/aromatic N) is 1. The zero-order chi connectivity index (χ0) is 15.2. The summed E-state index contributed by atoms with van der Waals surface area (Å²) < 4.78 is 11.2. The second-order valence-electron chi connectivity index (χ2n) is 5.17. The van der Waals surface area contributed by atoms with E-state index < -0.39 is 0 Å². The van der Waals surface area contributed by atoms with Crippen LogP contribution in [0.25, 0.3) is 0 Å². The van der Waals surface area contributed by atoms with Gasteiger partial charge in [0.2, 0.25) is 0 Å². The lowest BCUT2D eigenvalue weighted by atomic mass is 10.2. The van der Waals surface area contributed by atoms with Crippen LogP contribution in [-0.2, 0) is 13.2 Å². The number of aryl methyl sites for hydroxylation is 1. The second kappa shape index (κ2) is 7.43. The van der Waals surface area contributed by atoms with Gasteiger partial charge >= 0.3 is 0 Å². The first-order valence-corrected chi connectivity index (χ1v) is 7.90. The van der Waals surface area contributed by atoms with Crippen LogP contribution in [0.4, 0.5) is 0 Å². The topological polar surface area (TPSA) is 43.4 Å². The van der Waals surface area contributed by atoms with Gasteiger partial charge in [-0.3, -0.25) is 0 Å². The molecule has 114 valence electrons. The predicted octanol–water partition coefficient (Wildman–Crippen LogP) is 3.54. The van der Waals surface area contributed by atoms with Gasteiger partial charge in [-0.25, -0.2) is 4.98 Å². The van der Waals surface area contributed by atoms with Crippen LogP contribution in [0.2, 0.25) is 0 Å². The minimum absolute atomic E-state index is 0.458. The number of rotatable bonds is 7. The molecule has 0 saturated carbocycles. The van der Waals surface area contributed by atoms with Crippen molar-refractivity contribution < 1.29 is 9.47 Å². The van der Waals surface area contributed by atoms with E-state index in [4.69, 9.17) is 9.47 Å². The van der Waals surface area contributed by atoms with Gasteiger partial charge in [-0.1, -0.05) is 19.9 Å². The number of hydrogen-bond acceptors (Lipinski definition) is 5. The van der Waals surface area contributed by atoms with Crippen molar-refractivity contribution in [2.24, 2.45) is 0 Å². The van der Waals surface area contributed by atoms with Crippen molar-refractivity contribution >= 4 is 11.3 Å². The van der Waals surface area contributed by atoms with Crippen molar-refractivity contribution in [2.45, 2.75) is 40.0 Å². The molecule has 5 heteroatoms. The maximum Gasteiger partial charge on any atom is 0.161 e. The molecule has 0 amide bonds. The van der Waals surface area contributed by atoms with E-state index in [1.54, 1.807) is 18.4 Å². The number of ether oxygens (including phenoxy) is 2. The Morgan fingerprint density at radius 2 is 2.10 bits per heavy atom. The van der Waals surface area contributed by atoms with E-state index in [-0.39, 0.29) is 0 Å². The fourth-order valence-corrected chi connectivity index (χ4v) is 2.49. The van der Waals surface area contributed by atoms with E-state index in [9.17, 15) is 0 Å². The lowest BCUT2D eigenvalue weighted by Crippen LogP contribution is -2.21. The Labute approximate surface area is 130 Å². The molecular formula is C16H22N2O2S. The van der Waals surface area contributed by atoms with E-state index in [0.717, 1.165) is 28.7 Å². The lowest BCUT2D eigenvalue weighted by Gasteiger charge is -2.13. The highest BCUT2D eigenvalue weighted by Gasteiger charge is 2.07. The zero-order valence-electron chi connectivity index (χ0n) is 13.0. The third kappa shape index (κ3) is 4.72. The van der Waals surface area contributed by atoms with Crippen LogP contribution in [0.3, 0.4) is 0 Å². The van der Waals surface area contributed by atoms with Crippen LogP contribution in [0.15, 0.2) is 23.6 Å². The summed E-state index contributed by atoms with van der Waals surface area (Å²) in [5.41, 5.74) is 2.13. The van der Waals surface area contributed by atoms with Crippen molar-refractivity contribution in [3.05, 3.63) is 39.8 Å². The molecule has 0 atom stereocenters. The number of benzene rings is 1. The minimum Gasteiger partial charge on any atom is -0.493 e. The Balaban J connectivity index is 2.01. The molecule has 1 aromatic carbocycles. The number of aromatic nitrogens is 1. The van der Waals surface area contributed by atoms with Gasteiger partial charge in [-0.15, -0.1) is 11.3 Å². The molecule has 1 aromatic heterocycles. The molecule has 0 aliphatic carbocycles. The van der Waals surface area contributed by atoms with E-state index in [1.807, 2.05) is 24.4 Å². The van der Waals surface area contributed by atoms with Crippen molar-refractivity contribution in [2.75, 3.05) is 7.11 Å². The molecule has 1 heterocycles. The average Bonchev–Trinajstić information content (AvgIpc) is 2.88. The smallest absolute Gasteiger partial charge is 0.161 e. The molecule has 1 N–H and O–H groups in total. The standard InChI is InChI=1S/C16H22N2O2S/c1-11(2)17-8-13-5-6-15(16(7-13)19-4)20-9-14-10-21-12(3)18-14/h5-7,10-11,17H,8-9H2,1-4H3. The zero-order valence-corrected chi connectivity index (χ0v) is 13.8. The third-order valence-electron chi connectivity index (χ3n) is 2.98. The van der Waals surface area contributed by atoms with Crippen molar-refractivity contribution in [3.63, 3.8) is 0 Å². The molecule has 0 unspecified atom stereocenters. The van der Waals surface area contributed by atoms with Gasteiger partial charge in [0.15, 0.2) is 11.5 Å². The van der Waals surface area contributed by atoms with Gasteiger partial charge < -0.3 is 14.8 Å². The van der Waals surface area contributed by atoms with Gasteiger partial charge in [-0.05, 0) is 24.6 Å². The molecule has 4 nitrogen and oxygen atoms in total. The SMILES string of the molecule is COc1cc(CNC(C)C)ccc1OCc1csc(C)n1. The average molecular weight is 306 g/mol. The van der Waals surface area contributed by atoms with E-state index >= 15 is 0 Å². The first-order valence-electron chi connectivity index (χ1n) is 7.02. The Hall–Kier alpha value is -1.59. The minimum atomic E-state index is 0.458. The molecule has 0 aliphatic rings. The molecule has 0 fully saturated rings. The summed E-state index contributed by atoms with van der Waals surface area (Å²) in [4.78, 5) is 4.39. The summed E-state index contributed by atoms with van der Waals surface area (Å²) in [6.07, 6.45) is 0. The summed E-state index contributed by atoms with van der Waals surface area (Å²) in [6, 6.07) is 6.48. The summed E-state index contributed by atoms with van der Waals surface area (Å²) >= 11 is 1.63. The van der Waals surface area contributed by atoms with Crippen LogP contribution in [-0.4, -0.2) is 18.1 Å². The quantitative estimate of drug-likeness (QED) is 0.850. The van der Waals surface area contributed by atoms with Crippen molar-refractivity contribution in [1.82, 2.24) is 10.3 Å². The van der Waals surface area contributed by atoms with Gasteiger partial charge in [0, 0.05) is 18.0 Å². The summed E-state index contributed by atoms with van der Waals surface area (Å²) in [7, 11) is 1.66. The first kappa shape index (κ1) is 15.8. The Kier molecular flexibility index (Phi) is 5.59. The highest BCUT2D eigenvalue weighted by atomic mass is 32.1. The predicted molar refractivity (Wildman–Crippen MR) is 86.2 cm³/mol. The summed E-state index contributed by atoms with van der Waals surface area (Å²) in [5.74, 6) is 1.50. The third-order valence-corrected chi connectivity index (χ3v) is 3.81. The number of hydrogen-bond donors (Lipinski definition) is 1. The Morgan fingerprint density at radius 3 is 2.71 bits per heavy atom. The maximum absolute atomic E-state index is 5.81. The molecule has 2 aromatic rings. The second-order valence-corrected chi connectivity index (χ2v) is 6.23. The molecule has 2 rings (SSSR count). The molecule has 0 aliphatic heterocycles. The van der Waals surface area contributed by atoms with Crippen LogP contribution in [0.1, 0.15) is 30.1 Å². The highest BCUT2D eigenvalue weighted by molar-refractivity contribution is 7.09. The maximum atomic E-state index is 5.81. The van der Waals surface area contributed by atoms with E-state index in [0.29, 0.717) is 12.6 Å². The monoisotopic (exact) mass is 306 g/mol. The summed E-state index contributed by atoms with van der Waals surface area (Å²) in [5, 5.41) is 6.46. The Morgan fingerprint density at radius 1 is 1.29 bits per heavy atom. The molecule has 21 heavy (non-hydrogen) atoms. The van der Waals surface area contributed by atoms with Gasteiger partial charge in [-0.2, -0.15) is 0 Å². The molecule has 0 spiro atoms. The fraction of sp³-hybridized carbons (Fsp3) is 0.438. The fourth-order valence-electron chi connectivity index (χ4n) is 1.89. The van der Waals surface area contributed by atoms with Crippen molar-refractivity contribution in [1.29, 1.82) is 0 Å². The van der Waals surface area contributed by atoms with Crippen LogP contribution < -0.4 is 14.8 Å². The molecule has 0 saturated heterocycles. The van der Waals surface area contributed by atoms with Gasteiger partial charge in [0.05, 0.1) is 17.8 Å². The highest BCUT2D eigenvalue weighted by Crippen LogP contribution is 2.29. The largest absolute Gasteiger partial charge is 0.493 e. The first-order chi connectivity index (χ1) is 10.1. The van der Waals surface area contributed by atoms with E-state index in [2.05, 4.69) is 30.2 Å². The van der Waals surface area contributed by atoms with E-state index in [1.165, 1.54) is 5.56 Å². The van der Waals surface area contributed by atoms with Gasteiger partial charge in [0.25, 0.3) is 0 Å². The molecule has 0 radical (unpaired) electrons. The van der Waals surface area contributed by atoms with Crippen LogP contribution in [0, 0.1) is 6.92 Å². The van der Waals surface area contributed by atoms with Crippen LogP contribution in [0.5, 0.6) is 11.5 Å². The number of thiazole rings is 1. The molecular weight excluding hydrogens is 284 g/mol. The van der Waals surface area contributed by atoms with Crippen LogP contribution >= 0.6 is 11.3 Å². The Bertz CT molecular complexity index is 581. The molecule has 0 bridgehead atoms. The number of methoxy groups -OCH3 is 1. The lowest BCUT2D eigenvalue weighted by molar-refractivity contribution is 0.281. The summed E-state index contributed by atoms with van der Waals surface area (Å²) in [6.45, 7) is 7.53. The normalized spacial score (nSPS) is 10.9. The van der Waals surface area contributed by atoms with Gasteiger partial charge in [0.1, 0.15) is 6.61 Å².